The molecule has 1 rings (SSSR count). The van der Waals surface area contributed by atoms with Crippen LogP contribution in [-0.4, -0.2) is 5.78 Å². The molecule has 0 saturated carbocycles. The zero-order chi connectivity index (χ0) is 11.8. The molecule has 16 heavy (non-hydrogen) atoms. The number of rotatable bonds is 8. The Morgan fingerprint density at radius 1 is 1.19 bits per heavy atom. The predicted molar refractivity (Wildman–Crippen MR) is 65.8 cm³/mol. The van der Waals surface area contributed by atoms with Gasteiger partial charge < -0.3 is 4.42 Å². The van der Waals surface area contributed by atoms with Crippen LogP contribution >= 0.6 is 0 Å². The van der Waals surface area contributed by atoms with E-state index in [0.29, 0.717) is 12.2 Å². The Balaban J connectivity index is 2.14. The van der Waals surface area contributed by atoms with Crippen molar-refractivity contribution in [2.45, 2.75) is 58.8 Å². The number of aryl methyl sites for hydroxylation is 1. The second-order valence-electron chi connectivity index (χ2n) is 4.37. The van der Waals surface area contributed by atoms with Crippen LogP contribution in [0.3, 0.4) is 0 Å². The smallest absolute Gasteiger partial charge is 0.198 e. The fourth-order valence-electron chi connectivity index (χ4n) is 1.84. The third kappa shape index (κ3) is 4.21. The number of ketones is 1. The molecule has 0 aliphatic carbocycles. The van der Waals surface area contributed by atoms with Gasteiger partial charge in [-0.2, -0.15) is 0 Å². The van der Waals surface area contributed by atoms with Crippen molar-refractivity contribution in [2.24, 2.45) is 0 Å². The minimum Gasteiger partial charge on any atom is -0.461 e. The molecule has 2 heteroatoms. The van der Waals surface area contributed by atoms with Crippen molar-refractivity contribution in [1.29, 1.82) is 0 Å². The first kappa shape index (κ1) is 13.0. The van der Waals surface area contributed by atoms with Crippen LogP contribution in [0.25, 0.3) is 0 Å². The van der Waals surface area contributed by atoms with Crippen molar-refractivity contribution in [3.63, 3.8) is 0 Å². The van der Waals surface area contributed by atoms with E-state index in [1.165, 1.54) is 25.7 Å². The summed E-state index contributed by atoms with van der Waals surface area (Å²) in [6.45, 7) is 4.13. The van der Waals surface area contributed by atoms with E-state index in [-0.39, 0.29) is 5.78 Å². The summed E-state index contributed by atoms with van der Waals surface area (Å²) in [6, 6.07) is 1.84. The molecule has 1 heterocycles. The Morgan fingerprint density at radius 3 is 2.50 bits per heavy atom. The van der Waals surface area contributed by atoms with Crippen LogP contribution in [0.2, 0.25) is 0 Å². The molecule has 90 valence electrons. The Kier molecular flexibility index (Phi) is 5.91. The number of unbranched alkanes of at least 4 members (excludes halogenated alkanes) is 5. The minimum atomic E-state index is 0.151. The van der Waals surface area contributed by atoms with Gasteiger partial charge in [-0.1, -0.05) is 39.0 Å². The second-order valence-corrected chi connectivity index (χ2v) is 4.37. The lowest BCUT2D eigenvalue weighted by Crippen LogP contribution is -1.98. The first-order chi connectivity index (χ1) is 7.75. The van der Waals surface area contributed by atoms with Gasteiger partial charge in [0.15, 0.2) is 11.5 Å². The number of carbonyl (C=O) groups excluding carboxylic acids is 1. The van der Waals surface area contributed by atoms with Crippen molar-refractivity contribution in [2.75, 3.05) is 0 Å². The third-order valence-corrected chi connectivity index (χ3v) is 2.87. The van der Waals surface area contributed by atoms with Crippen molar-refractivity contribution < 1.29 is 9.21 Å². The third-order valence-electron chi connectivity index (χ3n) is 2.87. The van der Waals surface area contributed by atoms with Crippen LogP contribution in [0.1, 0.15) is 68.0 Å². The summed E-state index contributed by atoms with van der Waals surface area (Å²) in [5, 5.41) is 0. The van der Waals surface area contributed by atoms with Gasteiger partial charge in [0.05, 0.1) is 6.26 Å². The summed E-state index contributed by atoms with van der Waals surface area (Å²) in [6.07, 6.45) is 9.48. The Bertz CT molecular complexity index is 312. The summed E-state index contributed by atoms with van der Waals surface area (Å²) in [5.74, 6) is 0.701. The molecule has 0 aliphatic rings. The maximum atomic E-state index is 11.7. The number of hydrogen-bond donors (Lipinski definition) is 0. The van der Waals surface area contributed by atoms with Crippen molar-refractivity contribution in [3.8, 4) is 0 Å². The molecule has 0 amide bonds. The molecule has 2 nitrogen and oxygen atoms in total. The molecule has 0 saturated heterocycles. The maximum absolute atomic E-state index is 11.7. The number of hydrogen-bond acceptors (Lipinski definition) is 2. The fourth-order valence-corrected chi connectivity index (χ4v) is 1.84. The second kappa shape index (κ2) is 7.26. The average Bonchev–Trinajstić information content (AvgIpc) is 2.69. The highest BCUT2D eigenvalue weighted by molar-refractivity contribution is 5.94. The summed E-state index contributed by atoms with van der Waals surface area (Å²) in [7, 11) is 0. The molecule has 0 aromatic carbocycles. The van der Waals surface area contributed by atoms with Gasteiger partial charge in [-0.3, -0.25) is 4.79 Å². The van der Waals surface area contributed by atoms with Gasteiger partial charge in [-0.15, -0.1) is 0 Å². The van der Waals surface area contributed by atoms with E-state index >= 15 is 0 Å². The molecule has 0 fully saturated rings. The molecule has 0 spiro atoms. The molecule has 0 unspecified atom stereocenters. The molecule has 0 N–H and O–H groups in total. The lowest BCUT2D eigenvalue weighted by molar-refractivity contribution is 0.0951. The highest BCUT2D eigenvalue weighted by atomic mass is 16.3. The van der Waals surface area contributed by atoms with Gasteiger partial charge in [0.1, 0.15) is 0 Å². The van der Waals surface area contributed by atoms with E-state index in [1.54, 1.807) is 6.26 Å². The van der Waals surface area contributed by atoms with Crippen molar-refractivity contribution in [1.82, 2.24) is 0 Å². The van der Waals surface area contributed by atoms with Gasteiger partial charge in [0, 0.05) is 6.42 Å². The van der Waals surface area contributed by atoms with Crippen LogP contribution in [0.4, 0.5) is 0 Å². The molecule has 1 aromatic heterocycles. The summed E-state index contributed by atoms with van der Waals surface area (Å²) >= 11 is 0. The van der Waals surface area contributed by atoms with Crippen LogP contribution in [0.15, 0.2) is 16.7 Å². The largest absolute Gasteiger partial charge is 0.461 e. The summed E-state index contributed by atoms with van der Waals surface area (Å²) in [5.41, 5.74) is 0.955. The van der Waals surface area contributed by atoms with Gasteiger partial charge >= 0.3 is 0 Å². The van der Waals surface area contributed by atoms with Crippen molar-refractivity contribution in [3.05, 3.63) is 23.7 Å². The predicted octanol–water partition coefficient (Wildman–Crippen LogP) is 4.52. The highest BCUT2D eigenvalue weighted by Gasteiger charge is 2.11. The van der Waals surface area contributed by atoms with E-state index in [1.807, 2.05) is 13.0 Å². The first-order valence-corrected chi connectivity index (χ1v) is 6.33. The van der Waals surface area contributed by atoms with Crippen LogP contribution < -0.4 is 0 Å². The average molecular weight is 222 g/mol. The molecule has 1 aromatic rings. The van der Waals surface area contributed by atoms with Gasteiger partial charge in [0.25, 0.3) is 0 Å². The lowest BCUT2D eigenvalue weighted by Gasteiger charge is -2.00. The van der Waals surface area contributed by atoms with E-state index in [4.69, 9.17) is 4.42 Å². The fraction of sp³-hybridized carbons (Fsp3) is 0.643. The Labute approximate surface area is 98.0 Å². The monoisotopic (exact) mass is 222 g/mol. The zero-order valence-corrected chi connectivity index (χ0v) is 10.4. The number of carbonyl (C=O) groups is 1. The van der Waals surface area contributed by atoms with Crippen molar-refractivity contribution >= 4 is 5.78 Å². The molecule has 0 aliphatic heterocycles. The van der Waals surface area contributed by atoms with E-state index in [2.05, 4.69) is 6.92 Å². The quantitative estimate of drug-likeness (QED) is 0.478. The first-order valence-electron chi connectivity index (χ1n) is 6.33. The minimum absolute atomic E-state index is 0.151. The Morgan fingerprint density at radius 2 is 1.88 bits per heavy atom. The molecular weight excluding hydrogens is 200 g/mol. The van der Waals surface area contributed by atoms with Gasteiger partial charge in [-0.25, -0.2) is 0 Å². The lowest BCUT2D eigenvalue weighted by atomic mass is 10.1. The maximum Gasteiger partial charge on any atom is 0.198 e. The summed E-state index contributed by atoms with van der Waals surface area (Å²) < 4.78 is 5.17. The highest BCUT2D eigenvalue weighted by Crippen LogP contribution is 2.14. The van der Waals surface area contributed by atoms with E-state index in [0.717, 1.165) is 18.4 Å². The van der Waals surface area contributed by atoms with Gasteiger partial charge in [0.2, 0.25) is 0 Å². The molecule has 0 atom stereocenters. The zero-order valence-electron chi connectivity index (χ0n) is 10.4. The topological polar surface area (TPSA) is 30.2 Å². The van der Waals surface area contributed by atoms with Crippen LogP contribution in [-0.2, 0) is 0 Å². The van der Waals surface area contributed by atoms with Crippen LogP contribution in [0, 0.1) is 6.92 Å². The van der Waals surface area contributed by atoms with E-state index in [9.17, 15) is 4.79 Å². The number of furan rings is 1. The molecule has 0 bridgehead atoms. The van der Waals surface area contributed by atoms with Gasteiger partial charge in [-0.05, 0) is 25.0 Å². The van der Waals surface area contributed by atoms with E-state index < -0.39 is 0 Å². The van der Waals surface area contributed by atoms with Crippen LogP contribution in [0.5, 0.6) is 0 Å². The normalized spacial score (nSPS) is 10.6. The molecule has 0 radical (unpaired) electrons. The standard InChI is InChI=1S/C14H22O2/c1-3-4-5-6-7-8-9-13(15)14-12(2)10-11-16-14/h10-11H,3-9H2,1-2H3. The number of Topliss-reactive ketones (excluding diaryl/α,β-unsaturated/α-hetero) is 1. The Hall–Kier alpha value is -1.05. The SMILES string of the molecule is CCCCCCCCC(=O)c1occc1C. The summed E-state index contributed by atoms with van der Waals surface area (Å²) in [4.78, 5) is 11.7. The molecular formula is C14H22O2.